The third kappa shape index (κ3) is 4.81. The van der Waals surface area contributed by atoms with Crippen molar-refractivity contribution in [2.45, 2.75) is 44.7 Å². The molecule has 31 heavy (non-hydrogen) atoms. The van der Waals surface area contributed by atoms with Crippen molar-refractivity contribution in [2.75, 3.05) is 6.54 Å². The largest absolute Gasteiger partial charge is 0.390 e. The Hall–Kier alpha value is -2.68. The van der Waals surface area contributed by atoms with Crippen LogP contribution in [0.2, 0.25) is 5.02 Å². The highest BCUT2D eigenvalue weighted by molar-refractivity contribution is 6.31. The van der Waals surface area contributed by atoms with Crippen LogP contribution in [0.4, 0.5) is 13.2 Å². The van der Waals surface area contributed by atoms with E-state index in [0.29, 0.717) is 41.3 Å². The number of nitrogens with one attached hydrogen (secondary N) is 2. The van der Waals surface area contributed by atoms with Crippen LogP contribution in [0.5, 0.6) is 0 Å². The molecule has 1 aliphatic rings. The lowest BCUT2D eigenvalue weighted by Crippen LogP contribution is -2.42. The second-order valence-electron chi connectivity index (χ2n) is 7.93. The molecule has 0 unspecified atom stereocenters. The van der Waals surface area contributed by atoms with Gasteiger partial charge in [-0.15, -0.1) is 0 Å². The van der Waals surface area contributed by atoms with E-state index in [4.69, 9.17) is 16.6 Å². The quantitative estimate of drug-likeness (QED) is 0.561. The lowest BCUT2D eigenvalue weighted by Gasteiger charge is -2.27. The zero-order valence-electron chi connectivity index (χ0n) is 16.6. The third-order valence-electron chi connectivity index (χ3n) is 5.71. The minimum atomic E-state index is -4.30. The van der Waals surface area contributed by atoms with Gasteiger partial charge in [-0.2, -0.15) is 13.2 Å². The maximum absolute atomic E-state index is 12.8. The first-order valence-electron chi connectivity index (χ1n) is 10.0. The highest BCUT2D eigenvalue weighted by Gasteiger charge is 2.42. The number of hydrogen-bond acceptors (Lipinski definition) is 4. The molecule has 1 aliphatic carbocycles. The summed E-state index contributed by atoms with van der Waals surface area (Å²) in [5, 5.41) is 3.78. The summed E-state index contributed by atoms with van der Waals surface area (Å²) < 4.78 is 37.4. The van der Waals surface area contributed by atoms with E-state index in [9.17, 15) is 18.0 Å². The molecule has 6 nitrogen and oxygen atoms in total. The smallest absolute Gasteiger partial charge is 0.355 e. The van der Waals surface area contributed by atoms with Crippen LogP contribution in [-0.2, 0) is 11.2 Å². The van der Waals surface area contributed by atoms with Gasteiger partial charge in [-0.1, -0.05) is 24.4 Å². The summed E-state index contributed by atoms with van der Waals surface area (Å²) in [6.45, 7) is -0.418. The standard InChI is InChI=1S/C21H21ClF3N5O/c22-13-7-15-16(11-29-18(15)28-9-13)17-12-26-10-14(30-17)8-20(3-1-2-4-20)19(31)27-6-5-21(23,24)25/h7,9-12H,1-6,8H2,(H,27,31)(H,28,29). The van der Waals surface area contributed by atoms with Gasteiger partial charge in [0.2, 0.25) is 5.91 Å². The predicted molar refractivity (Wildman–Crippen MR) is 110 cm³/mol. The Kier molecular flexibility index (Phi) is 5.88. The van der Waals surface area contributed by atoms with Crippen molar-refractivity contribution in [3.05, 3.63) is 41.6 Å². The van der Waals surface area contributed by atoms with Crippen LogP contribution >= 0.6 is 11.6 Å². The average molecular weight is 452 g/mol. The first kappa shape index (κ1) is 21.5. The molecule has 2 N–H and O–H groups in total. The van der Waals surface area contributed by atoms with Crippen molar-refractivity contribution >= 4 is 28.5 Å². The molecule has 10 heteroatoms. The normalized spacial score (nSPS) is 16.0. The Balaban J connectivity index is 1.56. The number of pyridine rings is 1. The fraction of sp³-hybridized carbons (Fsp3) is 0.429. The number of aromatic nitrogens is 4. The summed E-state index contributed by atoms with van der Waals surface area (Å²) in [4.78, 5) is 29.1. The van der Waals surface area contributed by atoms with Crippen LogP contribution < -0.4 is 5.32 Å². The zero-order valence-corrected chi connectivity index (χ0v) is 17.4. The Morgan fingerprint density at radius 2 is 2.00 bits per heavy atom. The monoisotopic (exact) mass is 451 g/mol. The first-order chi connectivity index (χ1) is 14.8. The maximum Gasteiger partial charge on any atom is 0.390 e. The van der Waals surface area contributed by atoms with Crippen LogP contribution in [-0.4, -0.2) is 38.6 Å². The summed E-state index contributed by atoms with van der Waals surface area (Å²) in [6, 6.07) is 1.79. The van der Waals surface area contributed by atoms with Crippen molar-refractivity contribution < 1.29 is 18.0 Å². The molecule has 1 amide bonds. The van der Waals surface area contributed by atoms with Crippen molar-refractivity contribution in [3.8, 4) is 11.3 Å². The molecule has 0 spiro atoms. The molecule has 4 rings (SSSR count). The molecule has 3 aromatic heterocycles. The highest BCUT2D eigenvalue weighted by atomic mass is 35.5. The Morgan fingerprint density at radius 1 is 1.23 bits per heavy atom. The number of hydrogen-bond donors (Lipinski definition) is 2. The van der Waals surface area contributed by atoms with Crippen LogP contribution in [0.3, 0.4) is 0 Å². The van der Waals surface area contributed by atoms with Crippen LogP contribution in [0, 0.1) is 5.41 Å². The summed E-state index contributed by atoms with van der Waals surface area (Å²) in [7, 11) is 0. The first-order valence-corrected chi connectivity index (χ1v) is 10.4. The molecule has 0 saturated heterocycles. The summed E-state index contributed by atoms with van der Waals surface area (Å²) in [6.07, 6.45) is 4.47. The van der Waals surface area contributed by atoms with E-state index in [0.717, 1.165) is 23.8 Å². The van der Waals surface area contributed by atoms with E-state index >= 15 is 0 Å². The third-order valence-corrected chi connectivity index (χ3v) is 5.92. The molecule has 3 aromatic rings. The van der Waals surface area contributed by atoms with E-state index in [1.165, 1.54) is 0 Å². The van der Waals surface area contributed by atoms with E-state index in [1.54, 1.807) is 30.9 Å². The van der Waals surface area contributed by atoms with E-state index in [1.807, 2.05) is 0 Å². The molecule has 0 aromatic carbocycles. The number of aromatic amines is 1. The number of amides is 1. The lowest BCUT2D eigenvalue weighted by atomic mass is 9.80. The van der Waals surface area contributed by atoms with Gasteiger partial charge in [0.25, 0.3) is 0 Å². The number of nitrogens with zero attached hydrogens (tertiary/aromatic N) is 3. The number of fused-ring (bicyclic) bond motifs is 1. The molecular formula is C21H21ClF3N5O. The highest BCUT2D eigenvalue weighted by Crippen LogP contribution is 2.41. The van der Waals surface area contributed by atoms with Crippen molar-refractivity contribution in [3.63, 3.8) is 0 Å². The SMILES string of the molecule is O=C(NCCC(F)(F)F)C1(Cc2cncc(-c3c[nH]c4ncc(Cl)cc34)n2)CCCC1. The molecule has 0 radical (unpaired) electrons. The number of alkyl halides is 3. The average Bonchev–Trinajstić information content (AvgIpc) is 3.34. The zero-order chi connectivity index (χ0) is 22.1. The van der Waals surface area contributed by atoms with Crippen LogP contribution in [0.25, 0.3) is 22.3 Å². The fourth-order valence-corrected chi connectivity index (χ4v) is 4.36. The van der Waals surface area contributed by atoms with Crippen molar-refractivity contribution in [1.82, 2.24) is 25.3 Å². The van der Waals surface area contributed by atoms with Gasteiger partial charge in [-0.05, 0) is 18.9 Å². The van der Waals surface area contributed by atoms with Crippen molar-refractivity contribution in [2.24, 2.45) is 5.41 Å². The number of rotatable bonds is 6. The minimum Gasteiger partial charge on any atom is -0.355 e. The van der Waals surface area contributed by atoms with E-state index in [-0.39, 0.29) is 5.91 Å². The van der Waals surface area contributed by atoms with Gasteiger partial charge in [-0.25, -0.2) is 9.97 Å². The van der Waals surface area contributed by atoms with Gasteiger partial charge in [0.15, 0.2) is 0 Å². The number of H-pyrrole nitrogens is 1. The second-order valence-corrected chi connectivity index (χ2v) is 8.37. The minimum absolute atomic E-state index is 0.326. The molecule has 0 bridgehead atoms. The van der Waals surface area contributed by atoms with Gasteiger partial charge in [0, 0.05) is 42.5 Å². The number of halogens is 4. The Morgan fingerprint density at radius 3 is 2.74 bits per heavy atom. The molecule has 164 valence electrons. The molecule has 1 saturated carbocycles. The Labute approximate surface area is 181 Å². The van der Waals surface area contributed by atoms with Crippen LogP contribution in [0.1, 0.15) is 37.8 Å². The van der Waals surface area contributed by atoms with Gasteiger partial charge in [0.05, 0.1) is 34.4 Å². The van der Waals surface area contributed by atoms with E-state index in [2.05, 4.69) is 20.3 Å². The molecule has 0 atom stereocenters. The van der Waals surface area contributed by atoms with Crippen LogP contribution in [0.15, 0.2) is 30.9 Å². The predicted octanol–water partition coefficient (Wildman–Crippen LogP) is 4.84. The number of carbonyl (C=O) groups excluding carboxylic acids is 1. The summed E-state index contributed by atoms with van der Waals surface area (Å²) in [5.41, 5.74) is 1.93. The Bertz CT molecular complexity index is 1090. The fourth-order valence-electron chi connectivity index (χ4n) is 4.20. The van der Waals surface area contributed by atoms with Gasteiger partial charge >= 0.3 is 6.18 Å². The van der Waals surface area contributed by atoms with Crippen molar-refractivity contribution in [1.29, 1.82) is 0 Å². The maximum atomic E-state index is 12.8. The van der Waals surface area contributed by atoms with Gasteiger partial charge < -0.3 is 10.3 Å². The summed E-state index contributed by atoms with van der Waals surface area (Å²) >= 11 is 6.08. The lowest BCUT2D eigenvalue weighted by molar-refractivity contribution is -0.138. The molecule has 0 aliphatic heterocycles. The van der Waals surface area contributed by atoms with Gasteiger partial charge in [-0.3, -0.25) is 9.78 Å². The second kappa shape index (κ2) is 8.45. The topological polar surface area (TPSA) is 83.6 Å². The van der Waals surface area contributed by atoms with Gasteiger partial charge in [0.1, 0.15) is 5.65 Å². The number of carbonyl (C=O) groups is 1. The molecular weight excluding hydrogens is 431 g/mol. The van der Waals surface area contributed by atoms with E-state index < -0.39 is 24.6 Å². The summed E-state index contributed by atoms with van der Waals surface area (Å²) in [5.74, 6) is -0.343. The molecule has 1 fully saturated rings. The molecule has 3 heterocycles.